The Bertz CT molecular complexity index is 1380. The summed E-state index contributed by atoms with van der Waals surface area (Å²) in [4.78, 5) is 28.5. The smallest absolute Gasteiger partial charge is 0.254 e. The highest BCUT2D eigenvalue weighted by Gasteiger charge is 2.23. The second kappa shape index (κ2) is 8.79. The molecule has 6 heteroatoms. The van der Waals surface area contributed by atoms with Crippen molar-refractivity contribution in [1.82, 2.24) is 14.9 Å². The van der Waals surface area contributed by atoms with Gasteiger partial charge in [-0.15, -0.1) is 0 Å². The molecule has 2 aromatic heterocycles. The number of hydrogen-bond donors (Lipinski definition) is 2. The van der Waals surface area contributed by atoms with Crippen molar-refractivity contribution in [1.29, 1.82) is 0 Å². The fraction of sp³-hybridized carbons (Fsp3) is 0.231. The highest BCUT2D eigenvalue weighted by Crippen LogP contribution is 2.32. The molecule has 4 aromatic rings. The van der Waals surface area contributed by atoms with Gasteiger partial charge in [0.1, 0.15) is 0 Å². The van der Waals surface area contributed by atoms with Gasteiger partial charge in [-0.05, 0) is 63.1 Å². The first-order valence-corrected chi connectivity index (χ1v) is 11.4. The van der Waals surface area contributed by atoms with E-state index < -0.39 is 0 Å². The topological polar surface area (TPSA) is 66.9 Å². The predicted molar refractivity (Wildman–Crippen MR) is 132 cm³/mol. The summed E-state index contributed by atoms with van der Waals surface area (Å²) >= 11 is 3.56. The van der Waals surface area contributed by atoms with E-state index in [-0.39, 0.29) is 24.1 Å². The molecule has 0 fully saturated rings. The van der Waals surface area contributed by atoms with Gasteiger partial charge < -0.3 is 14.9 Å². The molecule has 1 unspecified atom stereocenters. The van der Waals surface area contributed by atoms with Crippen LogP contribution in [-0.4, -0.2) is 15.5 Å². The first-order valence-electron chi connectivity index (χ1n) is 10.6. The first-order chi connectivity index (χ1) is 15.3. The van der Waals surface area contributed by atoms with Crippen molar-refractivity contribution in [2.45, 2.75) is 40.3 Å². The fourth-order valence-electron chi connectivity index (χ4n) is 4.45. The molecule has 2 N–H and O–H groups in total. The highest BCUT2D eigenvalue weighted by atomic mass is 79.9. The minimum absolute atomic E-state index is 0.0427. The Morgan fingerprint density at radius 3 is 2.56 bits per heavy atom. The summed E-state index contributed by atoms with van der Waals surface area (Å²) in [6, 6.07) is 18.1. The molecule has 0 aliphatic carbocycles. The molecule has 0 saturated carbocycles. The number of pyridine rings is 1. The minimum Gasteiger partial charge on any atom is -0.348 e. The van der Waals surface area contributed by atoms with E-state index in [2.05, 4.69) is 49.9 Å². The van der Waals surface area contributed by atoms with Crippen molar-refractivity contribution in [3.05, 3.63) is 103 Å². The molecule has 164 valence electrons. The van der Waals surface area contributed by atoms with Crippen LogP contribution in [0.2, 0.25) is 0 Å². The lowest BCUT2D eigenvalue weighted by atomic mass is 10.1. The average molecular weight is 492 g/mol. The number of nitrogens with one attached hydrogen (secondary N) is 2. The van der Waals surface area contributed by atoms with Crippen LogP contribution in [0.5, 0.6) is 0 Å². The van der Waals surface area contributed by atoms with Gasteiger partial charge in [-0.25, -0.2) is 0 Å². The second-order valence-corrected chi connectivity index (χ2v) is 9.12. The number of aromatic amines is 1. The molecule has 0 aliphatic heterocycles. The van der Waals surface area contributed by atoms with E-state index in [1.54, 1.807) is 0 Å². The van der Waals surface area contributed by atoms with Gasteiger partial charge in [-0.1, -0.05) is 46.3 Å². The van der Waals surface area contributed by atoms with Crippen LogP contribution in [0.3, 0.4) is 0 Å². The Kier molecular flexibility index (Phi) is 6.07. The van der Waals surface area contributed by atoms with Crippen LogP contribution in [0, 0.1) is 20.8 Å². The van der Waals surface area contributed by atoms with Gasteiger partial charge in [0.25, 0.3) is 11.5 Å². The van der Waals surface area contributed by atoms with E-state index in [4.69, 9.17) is 0 Å². The monoisotopic (exact) mass is 491 g/mol. The largest absolute Gasteiger partial charge is 0.348 e. The van der Waals surface area contributed by atoms with Gasteiger partial charge in [-0.3, -0.25) is 9.59 Å². The number of nitrogens with zero attached hydrogens (tertiary/aromatic N) is 1. The van der Waals surface area contributed by atoms with Crippen molar-refractivity contribution in [3.8, 4) is 0 Å². The van der Waals surface area contributed by atoms with Crippen LogP contribution < -0.4 is 10.9 Å². The van der Waals surface area contributed by atoms with Crippen molar-refractivity contribution in [2.24, 2.45) is 0 Å². The zero-order chi connectivity index (χ0) is 23.0. The average Bonchev–Trinajstić information content (AvgIpc) is 3.04. The molecule has 0 saturated heterocycles. The Morgan fingerprint density at radius 2 is 1.84 bits per heavy atom. The number of rotatable bonds is 5. The SMILES string of the molecule is Cc1cc(C)c(CNC(=O)c2c(C)n(C(C)c3cccc(Br)c3)c3ccccc23)c(=O)[nH]1. The molecule has 0 aliphatic rings. The third-order valence-electron chi connectivity index (χ3n) is 6.02. The molecule has 0 radical (unpaired) electrons. The Hall–Kier alpha value is -3.12. The number of fused-ring (bicyclic) bond motifs is 1. The number of aromatic nitrogens is 2. The Labute approximate surface area is 195 Å². The Morgan fingerprint density at radius 1 is 1.09 bits per heavy atom. The predicted octanol–water partition coefficient (Wildman–Crippen LogP) is 5.56. The summed E-state index contributed by atoms with van der Waals surface area (Å²) < 4.78 is 3.23. The molecular weight excluding hydrogens is 466 g/mol. The molecule has 2 heterocycles. The van der Waals surface area contributed by atoms with Crippen molar-refractivity contribution < 1.29 is 4.79 Å². The number of amides is 1. The number of H-pyrrole nitrogens is 1. The molecule has 32 heavy (non-hydrogen) atoms. The molecule has 1 amide bonds. The van der Waals surface area contributed by atoms with E-state index >= 15 is 0 Å². The fourth-order valence-corrected chi connectivity index (χ4v) is 4.87. The molecular formula is C26H26BrN3O2. The molecule has 5 nitrogen and oxygen atoms in total. The lowest BCUT2D eigenvalue weighted by Crippen LogP contribution is -2.28. The van der Waals surface area contributed by atoms with Gasteiger partial charge in [-0.2, -0.15) is 0 Å². The highest BCUT2D eigenvalue weighted by molar-refractivity contribution is 9.10. The van der Waals surface area contributed by atoms with E-state index in [0.717, 1.165) is 37.9 Å². The number of halogens is 1. The normalized spacial score (nSPS) is 12.2. The maximum atomic E-state index is 13.3. The zero-order valence-corrected chi connectivity index (χ0v) is 20.2. The van der Waals surface area contributed by atoms with E-state index in [1.807, 2.05) is 63.2 Å². The van der Waals surface area contributed by atoms with Crippen molar-refractivity contribution >= 4 is 32.7 Å². The van der Waals surface area contributed by atoms with Crippen LogP contribution in [-0.2, 0) is 6.54 Å². The summed E-state index contributed by atoms with van der Waals surface area (Å²) in [5, 5.41) is 3.87. The number of hydrogen-bond acceptors (Lipinski definition) is 2. The van der Waals surface area contributed by atoms with Crippen molar-refractivity contribution in [2.75, 3.05) is 0 Å². The summed E-state index contributed by atoms with van der Waals surface area (Å²) in [6.07, 6.45) is 0. The molecule has 4 rings (SSSR count). The zero-order valence-electron chi connectivity index (χ0n) is 18.6. The van der Waals surface area contributed by atoms with E-state index in [9.17, 15) is 9.59 Å². The number of benzene rings is 2. The van der Waals surface area contributed by atoms with Gasteiger partial charge >= 0.3 is 0 Å². The molecule has 0 spiro atoms. The Balaban J connectivity index is 1.73. The van der Waals surface area contributed by atoms with Gasteiger partial charge in [0.05, 0.1) is 11.6 Å². The number of carbonyl (C=O) groups excluding carboxylic acids is 1. The third kappa shape index (κ3) is 4.02. The number of carbonyl (C=O) groups is 1. The number of para-hydroxylation sites is 1. The summed E-state index contributed by atoms with van der Waals surface area (Å²) in [5.41, 5.74) is 5.79. The third-order valence-corrected chi connectivity index (χ3v) is 6.51. The minimum atomic E-state index is -0.182. The van der Waals surface area contributed by atoms with Crippen LogP contribution in [0.25, 0.3) is 10.9 Å². The summed E-state index contributed by atoms with van der Waals surface area (Å²) in [6.45, 7) is 8.04. The summed E-state index contributed by atoms with van der Waals surface area (Å²) in [5.74, 6) is -0.182. The molecule has 2 aromatic carbocycles. The van der Waals surface area contributed by atoms with Gasteiger partial charge in [0.2, 0.25) is 0 Å². The van der Waals surface area contributed by atoms with E-state index in [1.165, 1.54) is 0 Å². The molecule has 1 atom stereocenters. The van der Waals surface area contributed by atoms with Crippen LogP contribution in [0.15, 0.2) is 63.9 Å². The van der Waals surface area contributed by atoms with Crippen LogP contribution in [0.4, 0.5) is 0 Å². The van der Waals surface area contributed by atoms with Crippen molar-refractivity contribution in [3.63, 3.8) is 0 Å². The van der Waals surface area contributed by atoms with Crippen LogP contribution >= 0.6 is 15.9 Å². The standard InChI is InChI=1S/C26H26BrN3O2/c1-15-12-16(2)29-25(31)22(15)14-28-26(32)24-18(4)30(23-11-6-5-10-21(23)24)17(3)19-8-7-9-20(27)13-19/h5-13,17H,14H2,1-4H3,(H,28,32)(H,29,31). The lowest BCUT2D eigenvalue weighted by molar-refractivity contribution is 0.0951. The lowest BCUT2D eigenvalue weighted by Gasteiger charge is -2.19. The second-order valence-electron chi connectivity index (χ2n) is 8.20. The maximum Gasteiger partial charge on any atom is 0.254 e. The van der Waals surface area contributed by atoms with E-state index in [0.29, 0.717) is 11.1 Å². The quantitative estimate of drug-likeness (QED) is 0.383. The number of aryl methyl sites for hydroxylation is 2. The van der Waals surface area contributed by atoms with Gasteiger partial charge in [0, 0.05) is 38.9 Å². The first kappa shape index (κ1) is 22.1. The molecule has 0 bridgehead atoms. The van der Waals surface area contributed by atoms with Gasteiger partial charge in [0.15, 0.2) is 0 Å². The van der Waals surface area contributed by atoms with Crippen LogP contribution in [0.1, 0.15) is 51.4 Å². The maximum absolute atomic E-state index is 13.3. The summed E-state index contributed by atoms with van der Waals surface area (Å²) in [7, 11) is 0.